The zero-order valence-corrected chi connectivity index (χ0v) is 10.2. The van der Waals surface area contributed by atoms with Crippen molar-refractivity contribution in [2.75, 3.05) is 6.54 Å². The number of benzene rings is 2. The van der Waals surface area contributed by atoms with Gasteiger partial charge in [0.05, 0.1) is 0 Å². The Bertz CT molecular complexity index is 538. The molecule has 88 valence electrons. The molecule has 18 heavy (non-hydrogen) atoms. The molecule has 0 bridgehead atoms. The fourth-order valence-corrected chi connectivity index (χ4v) is 2.36. The topological polar surface area (TPSA) is 12.4 Å². The molecule has 3 rings (SSSR count). The first-order valence-corrected chi connectivity index (χ1v) is 6.29. The maximum absolute atomic E-state index is 4.35. The maximum atomic E-state index is 4.35. The third kappa shape index (κ3) is 2.12. The predicted molar refractivity (Wildman–Crippen MR) is 76.9 cm³/mol. The summed E-state index contributed by atoms with van der Waals surface area (Å²) in [6.45, 7) is 0.915. The number of rotatable bonds is 2. The second-order valence-corrected chi connectivity index (χ2v) is 4.42. The third-order valence-electron chi connectivity index (χ3n) is 3.20. The summed E-state index contributed by atoms with van der Waals surface area (Å²) >= 11 is 0. The van der Waals surface area contributed by atoms with Gasteiger partial charge in [0.25, 0.3) is 0 Å². The average molecular weight is 233 g/mol. The quantitative estimate of drug-likeness (QED) is 0.744. The summed E-state index contributed by atoms with van der Waals surface area (Å²) in [6.07, 6.45) is 3.06. The summed E-state index contributed by atoms with van der Waals surface area (Å²) < 4.78 is 0. The van der Waals surface area contributed by atoms with Crippen LogP contribution >= 0.6 is 0 Å². The number of hydrogen-bond acceptors (Lipinski definition) is 1. The molecule has 2 aromatic carbocycles. The molecule has 0 fully saturated rings. The highest BCUT2D eigenvalue weighted by Gasteiger charge is 2.12. The highest BCUT2D eigenvalue weighted by Crippen LogP contribution is 2.29. The number of aliphatic imine (C=N–C) groups is 1. The highest BCUT2D eigenvalue weighted by atomic mass is 14.7. The maximum Gasteiger partial charge on any atom is 0.0430 e. The van der Waals surface area contributed by atoms with Gasteiger partial charge in [-0.1, -0.05) is 60.7 Å². The Morgan fingerprint density at radius 3 is 1.78 bits per heavy atom. The van der Waals surface area contributed by atoms with Crippen LogP contribution in [0, 0.1) is 0 Å². The molecule has 2 aromatic rings. The van der Waals surface area contributed by atoms with E-state index >= 15 is 0 Å². The van der Waals surface area contributed by atoms with Crippen molar-refractivity contribution < 1.29 is 0 Å². The molecule has 1 nitrogen and oxygen atoms in total. The van der Waals surface area contributed by atoms with Gasteiger partial charge in [0.1, 0.15) is 0 Å². The zero-order chi connectivity index (χ0) is 12.2. The van der Waals surface area contributed by atoms with Crippen LogP contribution in [-0.2, 0) is 0 Å². The molecule has 0 spiro atoms. The smallest absolute Gasteiger partial charge is 0.0430 e. The predicted octanol–water partition coefficient (Wildman–Crippen LogP) is 3.96. The van der Waals surface area contributed by atoms with E-state index in [1.807, 2.05) is 6.21 Å². The van der Waals surface area contributed by atoms with Crippen LogP contribution in [0.25, 0.3) is 5.57 Å². The largest absolute Gasteiger partial charge is 0.293 e. The average Bonchev–Trinajstić information content (AvgIpc) is 2.95. The molecule has 1 heteroatoms. The molecular weight excluding hydrogens is 218 g/mol. The van der Waals surface area contributed by atoms with Crippen molar-refractivity contribution in [3.05, 3.63) is 77.4 Å². The Kier molecular flexibility index (Phi) is 3.05. The minimum atomic E-state index is 0.915. The summed E-state index contributed by atoms with van der Waals surface area (Å²) in [5, 5.41) is 0. The molecule has 0 radical (unpaired) electrons. The Labute approximate surface area is 108 Å². The second kappa shape index (κ2) is 5.01. The van der Waals surface area contributed by atoms with E-state index in [2.05, 4.69) is 65.7 Å². The van der Waals surface area contributed by atoms with Crippen LogP contribution in [-0.4, -0.2) is 12.8 Å². The van der Waals surface area contributed by atoms with E-state index in [9.17, 15) is 0 Å². The van der Waals surface area contributed by atoms with Crippen molar-refractivity contribution in [2.45, 2.75) is 6.42 Å². The third-order valence-corrected chi connectivity index (χ3v) is 3.20. The van der Waals surface area contributed by atoms with Crippen LogP contribution in [0.4, 0.5) is 0 Å². The molecule has 1 heterocycles. The lowest BCUT2D eigenvalue weighted by molar-refractivity contribution is 1.04. The Morgan fingerprint density at radius 2 is 1.33 bits per heavy atom. The lowest BCUT2D eigenvalue weighted by Gasteiger charge is -2.11. The molecule has 0 aromatic heterocycles. The van der Waals surface area contributed by atoms with Gasteiger partial charge in [-0.2, -0.15) is 0 Å². The van der Waals surface area contributed by atoms with Crippen molar-refractivity contribution >= 4 is 11.8 Å². The van der Waals surface area contributed by atoms with Crippen LogP contribution in [0.3, 0.4) is 0 Å². The molecular formula is C17H15N. The Morgan fingerprint density at radius 1 is 0.778 bits per heavy atom. The fourth-order valence-electron chi connectivity index (χ4n) is 2.36. The van der Waals surface area contributed by atoms with E-state index in [4.69, 9.17) is 0 Å². The minimum Gasteiger partial charge on any atom is -0.293 e. The first kappa shape index (κ1) is 11.0. The molecule has 0 unspecified atom stereocenters. The molecule has 0 saturated carbocycles. The van der Waals surface area contributed by atoms with Crippen LogP contribution in [0.2, 0.25) is 0 Å². The number of hydrogen-bond donors (Lipinski definition) is 0. The molecule has 0 aliphatic carbocycles. The van der Waals surface area contributed by atoms with Gasteiger partial charge in [-0.3, -0.25) is 4.99 Å². The van der Waals surface area contributed by atoms with Crippen molar-refractivity contribution in [1.82, 2.24) is 0 Å². The summed E-state index contributed by atoms with van der Waals surface area (Å²) in [5.74, 6) is 0. The first-order valence-electron chi connectivity index (χ1n) is 6.29. The van der Waals surface area contributed by atoms with Crippen LogP contribution in [0.5, 0.6) is 0 Å². The van der Waals surface area contributed by atoms with Crippen molar-refractivity contribution in [3.63, 3.8) is 0 Å². The Balaban J connectivity index is 2.17. The standard InChI is InChI=1S/C17H15N/c1-3-7-14(8-4-1)17(16-11-12-18-13-16)15-9-5-2-6-10-15/h1-10,13H,11-12H2. The summed E-state index contributed by atoms with van der Waals surface area (Å²) in [5.41, 5.74) is 5.20. The van der Waals surface area contributed by atoms with Gasteiger partial charge >= 0.3 is 0 Å². The van der Waals surface area contributed by atoms with E-state index in [1.54, 1.807) is 0 Å². The molecule has 0 saturated heterocycles. The van der Waals surface area contributed by atoms with Gasteiger partial charge in [-0.15, -0.1) is 0 Å². The van der Waals surface area contributed by atoms with E-state index in [0.29, 0.717) is 0 Å². The van der Waals surface area contributed by atoms with E-state index in [0.717, 1.165) is 13.0 Å². The lowest BCUT2D eigenvalue weighted by atomic mass is 9.93. The van der Waals surface area contributed by atoms with Crippen molar-refractivity contribution in [3.8, 4) is 0 Å². The normalized spacial score (nSPS) is 13.9. The molecule has 0 amide bonds. The van der Waals surface area contributed by atoms with Crippen LogP contribution < -0.4 is 0 Å². The van der Waals surface area contributed by atoms with Crippen molar-refractivity contribution in [1.29, 1.82) is 0 Å². The van der Waals surface area contributed by atoms with Gasteiger partial charge in [0, 0.05) is 12.8 Å². The molecule has 1 aliphatic rings. The Hall–Kier alpha value is -2.15. The monoisotopic (exact) mass is 233 g/mol. The summed E-state index contributed by atoms with van der Waals surface area (Å²) in [7, 11) is 0. The molecule has 0 N–H and O–H groups in total. The number of nitrogens with zero attached hydrogens (tertiary/aromatic N) is 1. The van der Waals surface area contributed by atoms with Crippen LogP contribution in [0.1, 0.15) is 17.5 Å². The van der Waals surface area contributed by atoms with Gasteiger partial charge < -0.3 is 0 Å². The van der Waals surface area contributed by atoms with Gasteiger partial charge in [-0.05, 0) is 28.7 Å². The van der Waals surface area contributed by atoms with Gasteiger partial charge in [-0.25, -0.2) is 0 Å². The van der Waals surface area contributed by atoms with Crippen molar-refractivity contribution in [2.24, 2.45) is 4.99 Å². The highest BCUT2D eigenvalue weighted by molar-refractivity contribution is 5.97. The lowest BCUT2D eigenvalue weighted by Crippen LogP contribution is -1.93. The minimum absolute atomic E-state index is 0.915. The fraction of sp³-hybridized carbons (Fsp3) is 0.118. The van der Waals surface area contributed by atoms with E-state index < -0.39 is 0 Å². The zero-order valence-electron chi connectivity index (χ0n) is 10.2. The molecule has 1 aliphatic heterocycles. The second-order valence-electron chi connectivity index (χ2n) is 4.42. The van der Waals surface area contributed by atoms with E-state index in [1.165, 1.54) is 22.3 Å². The summed E-state index contributed by atoms with van der Waals surface area (Å²) in [6, 6.07) is 21.1. The molecule has 0 atom stereocenters. The first-order chi connectivity index (χ1) is 8.95. The van der Waals surface area contributed by atoms with Crippen LogP contribution in [0.15, 0.2) is 71.2 Å². The van der Waals surface area contributed by atoms with Gasteiger partial charge in [0.15, 0.2) is 0 Å². The van der Waals surface area contributed by atoms with E-state index in [-0.39, 0.29) is 0 Å². The summed E-state index contributed by atoms with van der Waals surface area (Å²) in [4.78, 5) is 4.35. The SMILES string of the molecule is C1=NCCC1=C(c1ccccc1)c1ccccc1. The van der Waals surface area contributed by atoms with Gasteiger partial charge in [0.2, 0.25) is 0 Å².